The second kappa shape index (κ2) is 16.3. The molecular formula is C28H48N2. The summed E-state index contributed by atoms with van der Waals surface area (Å²) in [5.41, 5.74) is 1.42. The zero-order valence-corrected chi connectivity index (χ0v) is 20.0. The molecular weight excluding hydrogens is 364 g/mol. The van der Waals surface area contributed by atoms with E-state index in [0.29, 0.717) is 6.17 Å². The molecule has 0 radical (unpaired) electrons. The van der Waals surface area contributed by atoms with Crippen molar-refractivity contribution in [2.75, 3.05) is 6.54 Å². The van der Waals surface area contributed by atoms with Crippen molar-refractivity contribution in [2.45, 2.75) is 123 Å². The smallest absolute Gasteiger partial charge is 0.101 e. The highest BCUT2D eigenvalue weighted by Gasteiger charge is 2.25. The molecule has 0 aromatic heterocycles. The Kier molecular flexibility index (Phi) is 13.5. The van der Waals surface area contributed by atoms with Gasteiger partial charge < -0.3 is 9.80 Å². The molecule has 1 aliphatic rings. The molecule has 30 heavy (non-hydrogen) atoms. The van der Waals surface area contributed by atoms with E-state index in [9.17, 15) is 0 Å². The summed E-state index contributed by atoms with van der Waals surface area (Å²) >= 11 is 0. The minimum Gasteiger partial charge on any atom is -0.356 e. The number of hydrogen-bond donors (Lipinski definition) is 0. The maximum absolute atomic E-state index is 2.63. The van der Waals surface area contributed by atoms with Crippen LogP contribution in [0.5, 0.6) is 0 Å². The molecule has 2 heteroatoms. The fourth-order valence-corrected chi connectivity index (χ4v) is 4.60. The van der Waals surface area contributed by atoms with Crippen LogP contribution in [0, 0.1) is 0 Å². The van der Waals surface area contributed by atoms with Gasteiger partial charge in [-0.05, 0) is 24.8 Å². The van der Waals surface area contributed by atoms with Crippen molar-refractivity contribution in [1.29, 1.82) is 0 Å². The Morgan fingerprint density at radius 2 is 1.13 bits per heavy atom. The van der Waals surface area contributed by atoms with Gasteiger partial charge in [0.2, 0.25) is 0 Å². The normalized spacial score (nSPS) is 16.0. The summed E-state index contributed by atoms with van der Waals surface area (Å²) in [6.45, 7) is 6.85. The maximum Gasteiger partial charge on any atom is 0.101 e. The molecule has 170 valence electrons. The van der Waals surface area contributed by atoms with Crippen LogP contribution < -0.4 is 0 Å². The highest BCUT2D eigenvalue weighted by Crippen LogP contribution is 2.24. The predicted molar refractivity (Wildman–Crippen MR) is 132 cm³/mol. The number of unbranched alkanes of at least 4 members (excludes halogenated alkanes) is 12. The van der Waals surface area contributed by atoms with Gasteiger partial charge in [-0.1, -0.05) is 121 Å². The molecule has 0 spiro atoms. The van der Waals surface area contributed by atoms with Crippen LogP contribution in [0.2, 0.25) is 0 Å². The van der Waals surface area contributed by atoms with Crippen LogP contribution in [0.15, 0.2) is 42.7 Å². The Morgan fingerprint density at radius 1 is 0.600 bits per heavy atom. The van der Waals surface area contributed by atoms with Gasteiger partial charge in [0.15, 0.2) is 0 Å². The van der Waals surface area contributed by atoms with E-state index in [1.54, 1.807) is 0 Å². The van der Waals surface area contributed by atoms with Gasteiger partial charge in [-0.3, -0.25) is 0 Å². The van der Waals surface area contributed by atoms with E-state index in [1.165, 1.54) is 108 Å². The molecule has 1 heterocycles. The van der Waals surface area contributed by atoms with Gasteiger partial charge in [-0.2, -0.15) is 0 Å². The lowest BCUT2D eigenvalue weighted by Gasteiger charge is -2.33. The number of benzene rings is 1. The van der Waals surface area contributed by atoms with Crippen LogP contribution in [0.3, 0.4) is 0 Å². The average molecular weight is 413 g/mol. The molecule has 1 unspecified atom stereocenters. The van der Waals surface area contributed by atoms with Crippen molar-refractivity contribution in [2.24, 2.45) is 0 Å². The first-order chi connectivity index (χ1) is 14.8. The van der Waals surface area contributed by atoms with Gasteiger partial charge in [0, 0.05) is 25.5 Å². The van der Waals surface area contributed by atoms with E-state index in [-0.39, 0.29) is 0 Å². The molecule has 0 N–H and O–H groups in total. The van der Waals surface area contributed by atoms with Crippen LogP contribution in [-0.4, -0.2) is 22.5 Å². The SMILES string of the molecule is CCCCCCCCCCCN1C=CN(Cc2ccccc2)C1CCCCCCC. The molecule has 0 fully saturated rings. The van der Waals surface area contributed by atoms with Crippen molar-refractivity contribution < 1.29 is 0 Å². The average Bonchev–Trinajstić information content (AvgIpc) is 3.14. The Labute approximate surface area is 187 Å². The molecule has 1 atom stereocenters. The monoisotopic (exact) mass is 412 g/mol. The van der Waals surface area contributed by atoms with Crippen molar-refractivity contribution in [3.05, 3.63) is 48.3 Å². The number of nitrogens with zero attached hydrogens (tertiary/aromatic N) is 2. The van der Waals surface area contributed by atoms with Crippen LogP contribution >= 0.6 is 0 Å². The van der Waals surface area contributed by atoms with E-state index in [4.69, 9.17) is 0 Å². The van der Waals surface area contributed by atoms with Gasteiger partial charge in [0.1, 0.15) is 6.17 Å². The summed E-state index contributed by atoms with van der Waals surface area (Å²) in [6.07, 6.45) is 26.1. The Morgan fingerprint density at radius 3 is 1.77 bits per heavy atom. The van der Waals surface area contributed by atoms with E-state index in [1.807, 2.05) is 0 Å². The first kappa shape index (κ1) is 24.8. The largest absolute Gasteiger partial charge is 0.356 e. The highest BCUT2D eigenvalue weighted by molar-refractivity contribution is 5.15. The minimum atomic E-state index is 0.556. The van der Waals surface area contributed by atoms with Gasteiger partial charge in [-0.25, -0.2) is 0 Å². The predicted octanol–water partition coefficient (Wildman–Crippen LogP) is 8.49. The van der Waals surface area contributed by atoms with E-state index < -0.39 is 0 Å². The summed E-state index contributed by atoms with van der Waals surface area (Å²) in [5.74, 6) is 0. The standard InChI is InChI=1S/C28H48N2/c1-3-5-7-9-10-11-12-14-19-23-29-24-25-30(26-27-20-16-15-17-21-27)28(29)22-18-13-8-6-4-2/h15-17,20-21,24-25,28H,3-14,18-19,22-23,26H2,1-2H3. The summed E-state index contributed by atoms with van der Waals surface area (Å²) < 4.78 is 0. The molecule has 0 saturated carbocycles. The fraction of sp³-hybridized carbons (Fsp3) is 0.714. The lowest BCUT2D eigenvalue weighted by molar-refractivity contribution is 0.132. The topological polar surface area (TPSA) is 6.48 Å². The Balaban J connectivity index is 1.71. The summed E-state index contributed by atoms with van der Waals surface area (Å²) in [6, 6.07) is 11.0. The van der Waals surface area contributed by atoms with E-state index >= 15 is 0 Å². The van der Waals surface area contributed by atoms with E-state index in [0.717, 1.165) is 6.54 Å². The number of hydrogen-bond acceptors (Lipinski definition) is 2. The maximum atomic E-state index is 2.63. The fourth-order valence-electron chi connectivity index (χ4n) is 4.60. The summed E-state index contributed by atoms with van der Waals surface area (Å²) in [7, 11) is 0. The summed E-state index contributed by atoms with van der Waals surface area (Å²) in [4.78, 5) is 5.20. The third-order valence-electron chi connectivity index (χ3n) is 6.51. The quantitative estimate of drug-likeness (QED) is 0.223. The van der Waals surface area contributed by atoms with E-state index in [2.05, 4.69) is 66.4 Å². The first-order valence-electron chi connectivity index (χ1n) is 13.1. The molecule has 1 aliphatic heterocycles. The van der Waals surface area contributed by atoms with Crippen LogP contribution in [0.4, 0.5) is 0 Å². The van der Waals surface area contributed by atoms with Gasteiger partial charge in [0.25, 0.3) is 0 Å². The highest BCUT2D eigenvalue weighted by atomic mass is 15.4. The molecule has 1 aromatic carbocycles. The zero-order chi connectivity index (χ0) is 21.3. The Bertz CT molecular complexity index is 539. The van der Waals surface area contributed by atoms with Gasteiger partial charge >= 0.3 is 0 Å². The van der Waals surface area contributed by atoms with Crippen molar-refractivity contribution in [3.8, 4) is 0 Å². The Hall–Kier alpha value is -1.44. The van der Waals surface area contributed by atoms with Crippen LogP contribution in [0.1, 0.15) is 116 Å². The first-order valence-corrected chi connectivity index (χ1v) is 13.1. The van der Waals surface area contributed by atoms with Crippen molar-refractivity contribution >= 4 is 0 Å². The van der Waals surface area contributed by atoms with Crippen molar-refractivity contribution in [3.63, 3.8) is 0 Å². The molecule has 0 saturated heterocycles. The lowest BCUT2D eigenvalue weighted by Crippen LogP contribution is -2.38. The molecule has 0 amide bonds. The molecule has 2 rings (SSSR count). The molecule has 1 aromatic rings. The van der Waals surface area contributed by atoms with Gasteiger partial charge in [-0.15, -0.1) is 0 Å². The van der Waals surface area contributed by atoms with Gasteiger partial charge in [0.05, 0.1) is 0 Å². The molecule has 0 aliphatic carbocycles. The third-order valence-corrected chi connectivity index (χ3v) is 6.51. The lowest BCUT2D eigenvalue weighted by atomic mass is 10.1. The molecule has 0 bridgehead atoms. The second-order valence-corrected chi connectivity index (χ2v) is 9.21. The second-order valence-electron chi connectivity index (χ2n) is 9.21. The van der Waals surface area contributed by atoms with Crippen molar-refractivity contribution in [1.82, 2.24) is 9.80 Å². The third kappa shape index (κ3) is 10.0. The minimum absolute atomic E-state index is 0.556. The zero-order valence-electron chi connectivity index (χ0n) is 20.0. The number of rotatable bonds is 18. The van der Waals surface area contributed by atoms with Crippen LogP contribution in [-0.2, 0) is 6.54 Å². The van der Waals surface area contributed by atoms with Crippen LogP contribution in [0.25, 0.3) is 0 Å². The molecule has 2 nitrogen and oxygen atoms in total. The summed E-state index contributed by atoms with van der Waals surface area (Å²) in [5, 5.41) is 0.